The van der Waals surface area contributed by atoms with Crippen LogP contribution in [-0.2, 0) is 17.7 Å². The molecule has 2 rings (SSSR count). The molecule has 0 spiro atoms. The quantitative estimate of drug-likeness (QED) is 0.401. The van der Waals surface area contributed by atoms with E-state index in [0.29, 0.717) is 17.9 Å². The molecule has 0 aliphatic carbocycles. The molecule has 1 unspecified atom stereocenters. The minimum absolute atomic E-state index is 0.257. The molecule has 1 heterocycles. The number of guanidine groups is 1. The number of esters is 1. The van der Waals surface area contributed by atoms with Gasteiger partial charge in [-0.3, -0.25) is 0 Å². The predicted molar refractivity (Wildman–Crippen MR) is 115 cm³/mol. The average Bonchev–Trinajstić information content (AvgIpc) is 3.09. The van der Waals surface area contributed by atoms with Gasteiger partial charge in [0.1, 0.15) is 11.3 Å². The van der Waals surface area contributed by atoms with Crippen LogP contribution in [0.4, 0.5) is 0 Å². The molecule has 0 saturated carbocycles. The molecule has 0 saturated heterocycles. The largest absolute Gasteiger partial charge is 0.496 e. The maximum absolute atomic E-state index is 11.8. The lowest BCUT2D eigenvalue weighted by Crippen LogP contribution is -2.43. The second-order valence-electron chi connectivity index (χ2n) is 6.48. The first-order chi connectivity index (χ1) is 13.5. The number of methoxy groups -OCH3 is 2. The van der Waals surface area contributed by atoms with E-state index in [4.69, 9.17) is 9.47 Å². The molecule has 1 aromatic carbocycles. The summed E-state index contributed by atoms with van der Waals surface area (Å²) >= 11 is 1.82. The van der Waals surface area contributed by atoms with Gasteiger partial charge < -0.3 is 20.1 Å². The highest BCUT2D eigenvalue weighted by molar-refractivity contribution is 7.11. The van der Waals surface area contributed by atoms with Crippen molar-refractivity contribution in [1.29, 1.82) is 0 Å². The van der Waals surface area contributed by atoms with E-state index in [1.807, 2.05) is 30.4 Å². The maximum atomic E-state index is 11.8. The highest BCUT2D eigenvalue weighted by atomic mass is 32.1. The number of aryl methyl sites for hydroxylation is 1. The van der Waals surface area contributed by atoms with Crippen molar-refractivity contribution in [2.24, 2.45) is 4.99 Å². The summed E-state index contributed by atoms with van der Waals surface area (Å²) in [6.45, 7) is 7.56. The van der Waals surface area contributed by atoms with Crippen molar-refractivity contribution < 1.29 is 14.3 Å². The molecule has 1 atom stereocenters. The predicted octanol–water partition coefficient (Wildman–Crippen LogP) is 3.54. The lowest BCUT2D eigenvalue weighted by Gasteiger charge is -2.17. The lowest BCUT2D eigenvalue weighted by atomic mass is 10.1. The summed E-state index contributed by atoms with van der Waals surface area (Å²) in [6, 6.07) is 9.97. The molecule has 2 aromatic rings. The van der Waals surface area contributed by atoms with Gasteiger partial charge in [0.05, 0.1) is 20.8 Å². The number of carbonyl (C=O) groups is 1. The van der Waals surface area contributed by atoms with Crippen molar-refractivity contribution in [2.75, 3.05) is 20.8 Å². The Hall–Kier alpha value is -2.54. The van der Waals surface area contributed by atoms with Gasteiger partial charge in [-0.1, -0.05) is 6.07 Å². The third-order valence-corrected chi connectivity index (χ3v) is 5.14. The molecule has 0 amide bonds. The van der Waals surface area contributed by atoms with Crippen LogP contribution in [0.5, 0.6) is 5.75 Å². The van der Waals surface area contributed by atoms with Crippen LogP contribution in [0.25, 0.3) is 0 Å². The van der Waals surface area contributed by atoms with Crippen LogP contribution in [0.1, 0.15) is 39.5 Å². The second kappa shape index (κ2) is 10.7. The van der Waals surface area contributed by atoms with Crippen molar-refractivity contribution in [3.05, 3.63) is 51.2 Å². The van der Waals surface area contributed by atoms with Gasteiger partial charge in [-0.05, 0) is 50.6 Å². The van der Waals surface area contributed by atoms with Crippen molar-refractivity contribution in [3.8, 4) is 5.75 Å². The molecule has 0 radical (unpaired) electrons. The molecule has 0 bridgehead atoms. The summed E-state index contributed by atoms with van der Waals surface area (Å²) in [4.78, 5) is 19.1. The van der Waals surface area contributed by atoms with Crippen molar-refractivity contribution >= 4 is 23.3 Å². The number of rotatable bonds is 8. The van der Waals surface area contributed by atoms with Crippen LogP contribution in [-0.4, -0.2) is 38.7 Å². The highest BCUT2D eigenvalue weighted by Crippen LogP contribution is 2.21. The number of thiophene rings is 1. The van der Waals surface area contributed by atoms with Gasteiger partial charge in [0.25, 0.3) is 0 Å². The van der Waals surface area contributed by atoms with Crippen LogP contribution in [0.3, 0.4) is 0 Å². The fraction of sp³-hybridized carbons (Fsp3) is 0.429. The molecule has 152 valence electrons. The number of hydrogen-bond acceptors (Lipinski definition) is 5. The van der Waals surface area contributed by atoms with Gasteiger partial charge in [0.15, 0.2) is 5.96 Å². The lowest BCUT2D eigenvalue weighted by molar-refractivity contribution is 0.0597. The molecule has 1 aromatic heterocycles. The van der Waals surface area contributed by atoms with Gasteiger partial charge in [0, 0.05) is 28.8 Å². The van der Waals surface area contributed by atoms with Crippen LogP contribution in [0.2, 0.25) is 0 Å². The van der Waals surface area contributed by atoms with E-state index >= 15 is 0 Å². The van der Waals surface area contributed by atoms with E-state index in [2.05, 4.69) is 41.6 Å². The van der Waals surface area contributed by atoms with Crippen molar-refractivity contribution in [2.45, 2.75) is 39.8 Å². The van der Waals surface area contributed by atoms with Crippen LogP contribution in [0, 0.1) is 6.92 Å². The Morgan fingerprint density at radius 2 is 2.04 bits per heavy atom. The molecule has 28 heavy (non-hydrogen) atoms. The number of nitrogens with zero attached hydrogens (tertiary/aromatic N) is 1. The molecule has 0 aliphatic rings. The Morgan fingerprint density at radius 3 is 2.64 bits per heavy atom. The van der Waals surface area contributed by atoms with E-state index in [1.165, 1.54) is 24.0 Å². The Labute approximate surface area is 171 Å². The number of benzene rings is 1. The second-order valence-corrected chi connectivity index (χ2v) is 7.86. The van der Waals surface area contributed by atoms with E-state index in [1.54, 1.807) is 6.07 Å². The topological polar surface area (TPSA) is 72.0 Å². The first-order valence-corrected chi connectivity index (χ1v) is 10.1. The molecule has 0 fully saturated rings. The van der Waals surface area contributed by atoms with Crippen molar-refractivity contribution in [1.82, 2.24) is 10.6 Å². The van der Waals surface area contributed by atoms with E-state index < -0.39 is 5.97 Å². The summed E-state index contributed by atoms with van der Waals surface area (Å²) in [5.41, 5.74) is 1.35. The molecule has 2 N–H and O–H groups in total. The van der Waals surface area contributed by atoms with E-state index in [0.717, 1.165) is 24.5 Å². The molecule has 0 aliphatic heterocycles. The summed E-state index contributed by atoms with van der Waals surface area (Å²) < 4.78 is 10.1. The third kappa shape index (κ3) is 6.27. The van der Waals surface area contributed by atoms with Crippen LogP contribution >= 0.6 is 11.3 Å². The zero-order chi connectivity index (χ0) is 20.5. The van der Waals surface area contributed by atoms with E-state index in [9.17, 15) is 4.79 Å². The number of hydrogen-bond donors (Lipinski definition) is 2. The fourth-order valence-electron chi connectivity index (χ4n) is 2.78. The summed E-state index contributed by atoms with van der Waals surface area (Å²) in [5, 5.41) is 6.73. The minimum Gasteiger partial charge on any atom is -0.496 e. The smallest absolute Gasteiger partial charge is 0.341 e. The number of nitrogens with one attached hydrogen (secondary N) is 2. The van der Waals surface area contributed by atoms with Gasteiger partial charge in [0.2, 0.25) is 0 Å². The summed E-state index contributed by atoms with van der Waals surface area (Å²) in [5.74, 6) is 0.831. The average molecular weight is 404 g/mol. The Morgan fingerprint density at radius 1 is 1.25 bits per heavy atom. The first kappa shape index (κ1) is 21.8. The minimum atomic E-state index is -0.417. The molecular weight excluding hydrogens is 374 g/mol. The Kier molecular flexibility index (Phi) is 8.32. The Bertz CT molecular complexity index is 817. The van der Waals surface area contributed by atoms with Gasteiger partial charge in [-0.25, -0.2) is 9.79 Å². The summed E-state index contributed by atoms with van der Waals surface area (Å²) in [7, 11) is 2.89. The third-order valence-electron chi connectivity index (χ3n) is 4.12. The number of aliphatic imine (C=N–C) groups is 1. The van der Waals surface area contributed by atoms with Gasteiger partial charge in [-0.2, -0.15) is 0 Å². The SMILES string of the molecule is CCNC(=NCc1ccc(C(=O)OC)c(OC)c1)NC(C)Cc1ccc(C)s1. The zero-order valence-corrected chi connectivity index (χ0v) is 18.0. The standard InChI is InChI=1S/C21H29N3O3S/c1-6-22-21(24-14(2)11-17-9-7-15(3)28-17)23-13-16-8-10-18(20(25)27-5)19(12-16)26-4/h7-10,12,14H,6,11,13H2,1-5H3,(H2,22,23,24). The van der Waals surface area contributed by atoms with Crippen LogP contribution in [0.15, 0.2) is 35.3 Å². The normalized spacial score (nSPS) is 12.4. The van der Waals surface area contributed by atoms with Gasteiger partial charge >= 0.3 is 5.97 Å². The monoisotopic (exact) mass is 403 g/mol. The summed E-state index contributed by atoms with van der Waals surface area (Å²) in [6.07, 6.45) is 0.949. The maximum Gasteiger partial charge on any atom is 0.341 e. The van der Waals surface area contributed by atoms with E-state index in [-0.39, 0.29) is 6.04 Å². The number of carbonyl (C=O) groups excluding carboxylic acids is 1. The fourth-order valence-corrected chi connectivity index (χ4v) is 3.80. The molecule has 7 heteroatoms. The van der Waals surface area contributed by atoms with Crippen LogP contribution < -0.4 is 15.4 Å². The van der Waals surface area contributed by atoms with Gasteiger partial charge in [-0.15, -0.1) is 11.3 Å². The molecular formula is C21H29N3O3S. The number of ether oxygens (including phenoxy) is 2. The Balaban J connectivity index is 2.05. The molecule has 6 nitrogen and oxygen atoms in total. The zero-order valence-electron chi connectivity index (χ0n) is 17.2. The first-order valence-electron chi connectivity index (χ1n) is 9.32. The highest BCUT2D eigenvalue weighted by Gasteiger charge is 2.13. The van der Waals surface area contributed by atoms with Crippen molar-refractivity contribution in [3.63, 3.8) is 0 Å².